The molecule has 2 heteroatoms. The lowest BCUT2D eigenvalue weighted by Gasteiger charge is -2.32. The maximum atomic E-state index is 11.7. The molecule has 2 aromatic carbocycles. The first kappa shape index (κ1) is 17.5. The minimum atomic E-state index is -0.975. The van der Waals surface area contributed by atoms with Crippen molar-refractivity contribution in [2.75, 3.05) is 0 Å². The Kier molecular flexibility index (Phi) is 3.91. The van der Waals surface area contributed by atoms with Gasteiger partial charge in [-0.15, -0.1) is 0 Å². The number of benzene rings is 2. The molecule has 0 unspecified atom stereocenters. The van der Waals surface area contributed by atoms with Crippen LogP contribution in [-0.4, -0.2) is 10.2 Å². The molecule has 0 aromatic heterocycles. The Morgan fingerprint density at radius 2 is 1.27 bits per heavy atom. The fourth-order valence-electron chi connectivity index (χ4n) is 5.02. The van der Waals surface area contributed by atoms with Crippen LogP contribution in [0, 0.1) is 13.8 Å². The second kappa shape index (κ2) is 5.80. The topological polar surface area (TPSA) is 40.5 Å². The van der Waals surface area contributed by atoms with Crippen LogP contribution < -0.4 is 0 Å². The van der Waals surface area contributed by atoms with Crippen molar-refractivity contribution in [2.24, 2.45) is 0 Å². The van der Waals surface area contributed by atoms with E-state index >= 15 is 0 Å². The van der Waals surface area contributed by atoms with Crippen molar-refractivity contribution in [1.82, 2.24) is 0 Å². The summed E-state index contributed by atoms with van der Waals surface area (Å²) in [5.41, 5.74) is 6.87. The zero-order chi connectivity index (χ0) is 18.7. The standard InChI is InChI=1S/C24H28O2/c1-5-23(25)19-10-8-15(3)11-18(19)14-22(23)21-13-17-9-7-16(4)12-20(17)24(21,26)6-2/h7-12,25-26H,5-6,13-14H2,1-4H3/b22-21+/t23-,24-/m0/s1. The molecule has 0 aliphatic heterocycles. The molecular formula is C24H28O2. The van der Waals surface area contributed by atoms with Gasteiger partial charge in [0.2, 0.25) is 0 Å². The lowest BCUT2D eigenvalue weighted by Crippen LogP contribution is -2.31. The highest BCUT2D eigenvalue weighted by Crippen LogP contribution is 2.52. The van der Waals surface area contributed by atoms with E-state index in [9.17, 15) is 10.2 Å². The van der Waals surface area contributed by atoms with Gasteiger partial charge in [0.15, 0.2) is 0 Å². The average Bonchev–Trinajstić information content (AvgIpc) is 3.07. The molecular weight excluding hydrogens is 320 g/mol. The molecule has 0 fully saturated rings. The molecule has 0 saturated heterocycles. The van der Waals surface area contributed by atoms with Gasteiger partial charge in [0.1, 0.15) is 11.2 Å². The van der Waals surface area contributed by atoms with Crippen LogP contribution in [-0.2, 0) is 24.0 Å². The summed E-state index contributed by atoms with van der Waals surface area (Å²) >= 11 is 0. The van der Waals surface area contributed by atoms with Gasteiger partial charge in [-0.05, 0) is 72.9 Å². The quantitative estimate of drug-likeness (QED) is 0.778. The van der Waals surface area contributed by atoms with E-state index in [2.05, 4.69) is 50.2 Å². The van der Waals surface area contributed by atoms with Crippen LogP contribution in [0.3, 0.4) is 0 Å². The van der Waals surface area contributed by atoms with Gasteiger partial charge in [-0.2, -0.15) is 0 Å². The Morgan fingerprint density at radius 1 is 0.731 bits per heavy atom. The van der Waals surface area contributed by atoms with Gasteiger partial charge in [0, 0.05) is 0 Å². The van der Waals surface area contributed by atoms with E-state index < -0.39 is 11.2 Å². The molecule has 0 saturated carbocycles. The molecule has 2 nitrogen and oxygen atoms in total. The lowest BCUT2D eigenvalue weighted by atomic mass is 9.80. The van der Waals surface area contributed by atoms with E-state index in [1.807, 2.05) is 13.8 Å². The van der Waals surface area contributed by atoms with E-state index in [0.29, 0.717) is 12.8 Å². The van der Waals surface area contributed by atoms with Crippen molar-refractivity contribution < 1.29 is 10.2 Å². The second-order valence-electron chi connectivity index (χ2n) is 8.06. The highest BCUT2D eigenvalue weighted by molar-refractivity contribution is 5.58. The zero-order valence-corrected chi connectivity index (χ0v) is 16.2. The van der Waals surface area contributed by atoms with E-state index in [0.717, 1.165) is 40.7 Å². The molecule has 0 bridgehead atoms. The summed E-state index contributed by atoms with van der Waals surface area (Å²) in [6.07, 6.45) is 2.70. The van der Waals surface area contributed by atoms with E-state index in [1.165, 1.54) is 16.7 Å². The van der Waals surface area contributed by atoms with Crippen molar-refractivity contribution in [1.29, 1.82) is 0 Å². The first-order valence-corrected chi connectivity index (χ1v) is 9.71. The minimum Gasteiger partial charge on any atom is -0.381 e. The number of hydrogen-bond acceptors (Lipinski definition) is 2. The number of rotatable bonds is 2. The molecule has 0 heterocycles. The van der Waals surface area contributed by atoms with Gasteiger partial charge in [-0.1, -0.05) is 61.4 Å². The molecule has 136 valence electrons. The SMILES string of the molecule is CC[C@@]1(O)/C(=C2\Cc3ccc(C)cc3[C@@]2(O)CC)Cc2cc(C)ccc21. The van der Waals surface area contributed by atoms with Crippen LogP contribution in [0.4, 0.5) is 0 Å². The van der Waals surface area contributed by atoms with Gasteiger partial charge in [0.25, 0.3) is 0 Å². The Morgan fingerprint density at radius 3 is 1.92 bits per heavy atom. The number of fused-ring (bicyclic) bond motifs is 2. The summed E-state index contributed by atoms with van der Waals surface area (Å²) in [4.78, 5) is 0. The van der Waals surface area contributed by atoms with Crippen molar-refractivity contribution in [2.45, 2.75) is 64.6 Å². The Bertz CT molecular complexity index is 924. The van der Waals surface area contributed by atoms with Crippen LogP contribution in [0.15, 0.2) is 47.5 Å². The highest BCUT2D eigenvalue weighted by Gasteiger charge is 2.48. The Balaban J connectivity index is 1.95. The van der Waals surface area contributed by atoms with E-state index in [4.69, 9.17) is 0 Å². The fraction of sp³-hybridized carbons (Fsp3) is 0.417. The maximum absolute atomic E-state index is 11.7. The number of hydrogen-bond donors (Lipinski definition) is 2. The van der Waals surface area contributed by atoms with Crippen LogP contribution in [0.1, 0.15) is 60.1 Å². The molecule has 0 amide bonds. The monoisotopic (exact) mass is 348 g/mol. The summed E-state index contributed by atoms with van der Waals surface area (Å²) in [5, 5.41) is 23.3. The van der Waals surface area contributed by atoms with Crippen LogP contribution >= 0.6 is 0 Å². The molecule has 0 spiro atoms. The molecule has 2 aromatic rings. The van der Waals surface area contributed by atoms with Gasteiger partial charge >= 0.3 is 0 Å². The number of aryl methyl sites for hydroxylation is 2. The van der Waals surface area contributed by atoms with Gasteiger partial charge in [0.05, 0.1) is 0 Å². The normalized spacial score (nSPS) is 29.8. The van der Waals surface area contributed by atoms with Crippen LogP contribution in [0.25, 0.3) is 0 Å². The second-order valence-corrected chi connectivity index (χ2v) is 8.06. The van der Waals surface area contributed by atoms with E-state index in [-0.39, 0.29) is 0 Å². The first-order chi connectivity index (χ1) is 12.3. The van der Waals surface area contributed by atoms with Gasteiger partial charge in [-0.3, -0.25) is 0 Å². The molecule has 0 radical (unpaired) electrons. The Labute approximate surface area is 156 Å². The molecule has 2 N–H and O–H groups in total. The van der Waals surface area contributed by atoms with Crippen LogP contribution in [0.2, 0.25) is 0 Å². The summed E-state index contributed by atoms with van der Waals surface area (Å²) < 4.78 is 0. The summed E-state index contributed by atoms with van der Waals surface area (Å²) in [5.74, 6) is 0. The van der Waals surface area contributed by atoms with Gasteiger partial charge < -0.3 is 10.2 Å². The fourth-order valence-corrected chi connectivity index (χ4v) is 5.02. The zero-order valence-electron chi connectivity index (χ0n) is 16.2. The minimum absolute atomic E-state index is 0.622. The summed E-state index contributed by atoms with van der Waals surface area (Å²) in [7, 11) is 0. The predicted molar refractivity (Wildman–Crippen MR) is 105 cm³/mol. The van der Waals surface area contributed by atoms with Gasteiger partial charge in [-0.25, -0.2) is 0 Å². The third-order valence-corrected chi connectivity index (χ3v) is 6.54. The highest BCUT2D eigenvalue weighted by atomic mass is 16.3. The van der Waals surface area contributed by atoms with Crippen molar-refractivity contribution in [3.63, 3.8) is 0 Å². The molecule has 2 atom stereocenters. The summed E-state index contributed by atoms with van der Waals surface area (Å²) in [6.45, 7) is 8.23. The largest absolute Gasteiger partial charge is 0.381 e. The lowest BCUT2D eigenvalue weighted by molar-refractivity contribution is 0.0530. The molecule has 4 rings (SSSR count). The van der Waals surface area contributed by atoms with Crippen LogP contribution in [0.5, 0.6) is 0 Å². The molecule has 26 heavy (non-hydrogen) atoms. The third-order valence-electron chi connectivity index (χ3n) is 6.54. The molecule has 2 aliphatic rings. The maximum Gasteiger partial charge on any atom is 0.111 e. The smallest absolute Gasteiger partial charge is 0.111 e. The number of aliphatic hydroxyl groups is 2. The average molecular weight is 348 g/mol. The van der Waals surface area contributed by atoms with E-state index in [1.54, 1.807) is 0 Å². The molecule has 2 aliphatic carbocycles. The van der Waals surface area contributed by atoms with Crippen molar-refractivity contribution in [3.05, 3.63) is 80.9 Å². The first-order valence-electron chi connectivity index (χ1n) is 9.71. The van der Waals surface area contributed by atoms with Crippen molar-refractivity contribution >= 4 is 0 Å². The Hall–Kier alpha value is -1.90. The van der Waals surface area contributed by atoms with Crippen molar-refractivity contribution in [3.8, 4) is 0 Å². The third kappa shape index (κ3) is 2.25. The predicted octanol–water partition coefficient (Wildman–Crippen LogP) is 4.61. The summed E-state index contributed by atoms with van der Waals surface area (Å²) in [6, 6.07) is 12.7.